The second-order valence-corrected chi connectivity index (χ2v) is 12.3. The summed E-state index contributed by atoms with van der Waals surface area (Å²) in [6.07, 6.45) is 18.0. The van der Waals surface area contributed by atoms with Gasteiger partial charge in [-0.25, -0.2) is 0 Å². The van der Waals surface area contributed by atoms with Crippen LogP contribution < -0.4 is 5.32 Å². The van der Waals surface area contributed by atoms with Crippen molar-refractivity contribution in [1.82, 2.24) is 5.32 Å². The van der Waals surface area contributed by atoms with E-state index in [4.69, 9.17) is 12.2 Å². The SMILES string of the molecule is C=C(C)/C(C(C)=S)=C(\C)C1(CC2(C)CC=C(CCCCNCCCCC)C(C)=C2C)CCCC1. The van der Waals surface area contributed by atoms with Gasteiger partial charge in [-0.15, -0.1) is 0 Å². The van der Waals surface area contributed by atoms with E-state index in [1.807, 2.05) is 0 Å². The van der Waals surface area contributed by atoms with Crippen LogP contribution in [0.2, 0.25) is 0 Å². The third kappa shape index (κ3) is 7.26. The van der Waals surface area contributed by atoms with Crippen LogP contribution in [0.15, 0.2) is 46.1 Å². The highest BCUT2D eigenvalue weighted by Crippen LogP contribution is 2.56. The molecule has 0 amide bonds. The maximum absolute atomic E-state index is 5.69. The van der Waals surface area contributed by atoms with Crippen molar-refractivity contribution in [3.63, 3.8) is 0 Å². The lowest BCUT2D eigenvalue weighted by atomic mass is 9.60. The summed E-state index contributed by atoms with van der Waals surface area (Å²) in [4.78, 5) is 1.01. The van der Waals surface area contributed by atoms with Crippen molar-refractivity contribution >= 4 is 17.1 Å². The van der Waals surface area contributed by atoms with Crippen molar-refractivity contribution in [3.8, 4) is 0 Å². The first-order chi connectivity index (χ1) is 16.1. The van der Waals surface area contributed by atoms with Gasteiger partial charge in [0.2, 0.25) is 0 Å². The zero-order valence-corrected chi connectivity index (χ0v) is 24.4. The molecular weight excluding hydrogens is 430 g/mol. The van der Waals surface area contributed by atoms with Gasteiger partial charge >= 0.3 is 0 Å². The second-order valence-electron chi connectivity index (χ2n) is 11.7. The Morgan fingerprint density at radius 2 is 1.65 bits per heavy atom. The molecule has 1 saturated carbocycles. The Hall–Kier alpha value is -0.990. The van der Waals surface area contributed by atoms with E-state index in [-0.39, 0.29) is 10.8 Å². The molecule has 0 aromatic carbocycles. The van der Waals surface area contributed by atoms with Crippen molar-refractivity contribution < 1.29 is 0 Å². The van der Waals surface area contributed by atoms with E-state index in [0.717, 1.165) is 17.0 Å². The molecule has 2 heteroatoms. The van der Waals surface area contributed by atoms with E-state index in [1.54, 1.807) is 16.7 Å². The Labute approximate surface area is 217 Å². The minimum absolute atomic E-state index is 0.232. The van der Waals surface area contributed by atoms with Crippen molar-refractivity contribution in [2.24, 2.45) is 10.8 Å². The molecule has 0 heterocycles. The molecule has 0 spiro atoms. The largest absolute Gasteiger partial charge is 0.317 e. The molecule has 1 fully saturated rings. The summed E-state index contributed by atoms with van der Waals surface area (Å²) < 4.78 is 0. The first kappa shape index (κ1) is 29.2. The first-order valence-electron chi connectivity index (χ1n) is 14.0. The molecule has 192 valence electrons. The van der Waals surface area contributed by atoms with Gasteiger partial charge in [0, 0.05) is 4.86 Å². The molecule has 0 aliphatic heterocycles. The van der Waals surface area contributed by atoms with Gasteiger partial charge in [0.25, 0.3) is 0 Å². The number of thiocarbonyl (C=S) groups is 1. The van der Waals surface area contributed by atoms with Crippen LogP contribution in [0, 0.1) is 10.8 Å². The number of unbranched alkanes of at least 4 members (excludes halogenated alkanes) is 3. The van der Waals surface area contributed by atoms with E-state index >= 15 is 0 Å². The molecule has 1 unspecified atom stereocenters. The highest BCUT2D eigenvalue weighted by Gasteiger charge is 2.44. The molecule has 0 saturated heterocycles. The van der Waals surface area contributed by atoms with Crippen LogP contribution in [0.3, 0.4) is 0 Å². The molecule has 2 aliphatic carbocycles. The van der Waals surface area contributed by atoms with Crippen molar-refractivity contribution in [3.05, 3.63) is 46.1 Å². The normalized spacial score (nSPS) is 23.1. The van der Waals surface area contributed by atoms with Crippen molar-refractivity contribution in [2.45, 2.75) is 126 Å². The summed E-state index contributed by atoms with van der Waals surface area (Å²) in [5.74, 6) is 0. The van der Waals surface area contributed by atoms with Crippen LogP contribution in [0.25, 0.3) is 0 Å². The average molecular weight is 484 g/mol. The van der Waals surface area contributed by atoms with E-state index in [9.17, 15) is 0 Å². The lowest BCUT2D eigenvalue weighted by molar-refractivity contribution is 0.210. The molecule has 2 aliphatic rings. The summed E-state index contributed by atoms with van der Waals surface area (Å²) in [6, 6.07) is 0. The molecule has 34 heavy (non-hydrogen) atoms. The Kier molecular flexibility index (Phi) is 11.5. The average Bonchev–Trinajstić information content (AvgIpc) is 3.24. The highest BCUT2D eigenvalue weighted by molar-refractivity contribution is 7.80. The number of nitrogens with one attached hydrogen (secondary N) is 1. The van der Waals surface area contributed by atoms with E-state index < -0.39 is 0 Å². The van der Waals surface area contributed by atoms with Crippen LogP contribution in [-0.4, -0.2) is 18.0 Å². The molecule has 1 N–H and O–H groups in total. The van der Waals surface area contributed by atoms with Gasteiger partial charge in [-0.3, -0.25) is 0 Å². The minimum Gasteiger partial charge on any atom is -0.317 e. The molecule has 1 nitrogen and oxygen atoms in total. The zero-order valence-electron chi connectivity index (χ0n) is 23.6. The van der Waals surface area contributed by atoms with Gasteiger partial charge in [-0.2, -0.15) is 0 Å². The molecule has 0 bridgehead atoms. The lowest BCUT2D eigenvalue weighted by Gasteiger charge is -2.44. The summed E-state index contributed by atoms with van der Waals surface area (Å²) in [7, 11) is 0. The predicted molar refractivity (Wildman–Crippen MR) is 157 cm³/mol. The standard InChI is InChI=1S/C32H53NS/c1-9-10-14-21-33-22-15-11-16-29-17-20-31(8,26(5)25(29)4)23-32(18-12-13-19-32)27(6)30(24(2)3)28(7)34/h17,33H,2,9-16,18-23H2,1,3-8H3/b30-27-. The monoisotopic (exact) mass is 483 g/mol. The van der Waals surface area contributed by atoms with E-state index in [1.165, 1.54) is 94.7 Å². The Bertz CT molecular complexity index is 802. The number of allylic oxidation sites excluding steroid dienone is 7. The fraction of sp³-hybridized carbons (Fsp3) is 0.719. The number of rotatable bonds is 14. The van der Waals surface area contributed by atoms with Gasteiger partial charge in [0.05, 0.1) is 0 Å². The minimum atomic E-state index is 0.232. The predicted octanol–water partition coefficient (Wildman–Crippen LogP) is 9.84. The Morgan fingerprint density at radius 1 is 1.03 bits per heavy atom. The topological polar surface area (TPSA) is 12.0 Å². The Balaban J connectivity index is 2.09. The van der Waals surface area contributed by atoms with Crippen LogP contribution >= 0.6 is 12.2 Å². The Morgan fingerprint density at radius 3 is 2.21 bits per heavy atom. The molecule has 0 aromatic rings. The van der Waals surface area contributed by atoms with Crippen LogP contribution in [0.5, 0.6) is 0 Å². The molecular formula is C32H53NS. The summed E-state index contributed by atoms with van der Waals surface area (Å²) in [5, 5.41) is 3.62. The van der Waals surface area contributed by atoms with Gasteiger partial charge in [0.15, 0.2) is 0 Å². The van der Waals surface area contributed by atoms with Crippen molar-refractivity contribution in [2.75, 3.05) is 13.1 Å². The second kappa shape index (κ2) is 13.4. The highest BCUT2D eigenvalue weighted by atomic mass is 32.1. The number of hydrogen-bond acceptors (Lipinski definition) is 2. The smallest absolute Gasteiger partial charge is 0.0195 e. The van der Waals surface area contributed by atoms with Gasteiger partial charge < -0.3 is 5.32 Å². The third-order valence-electron chi connectivity index (χ3n) is 8.99. The third-order valence-corrected chi connectivity index (χ3v) is 9.20. The fourth-order valence-electron chi connectivity index (χ4n) is 6.67. The van der Waals surface area contributed by atoms with Gasteiger partial charge in [0.1, 0.15) is 0 Å². The maximum atomic E-state index is 5.69. The molecule has 2 rings (SSSR count). The van der Waals surface area contributed by atoms with E-state index in [0.29, 0.717) is 0 Å². The summed E-state index contributed by atoms with van der Waals surface area (Å²) in [5.41, 5.74) is 9.20. The first-order valence-corrected chi connectivity index (χ1v) is 14.4. The van der Waals surface area contributed by atoms with Crippen LogP contribution in [0.1, 0.15) is 126 Å². The quantitative estimate of drug-likeness (QED) is 0.114. The van der Waals surface area contributed by atoms with E-state index in [2.05, 4.69) is 66.4 Å². The molecule has 0 radical (unpaired) electrons. The number of hydrogen-bond donors (Lipinski definition) is 1. The zero-order chi connectivity index (χ0) is 25.4. The van der Waals surface area contributed by atoms with Crippen LogP contribution in [0.4, 0.5) is 0 Å². The summed E-state index contributed by atoms with van der Waals surface area (Å²) in [6.45, 7) is 22.8. The van der Waals surface area contributed by atoms with Crippen LogP contribution in [-0.2, 0) is 0 Å². The summed E-state index contributed by atoms with van der Waals surface area (Å²) >= 11 is 5.69. The van der Waals surface area contributed by atoms with Gasteiger partial charge in [-0.05, 0) is 127 Å². The van der Waals surface area contributed by atoms with Crippen molar-refractivity contribution in [1.29, 1.82) is 0 Å². The van der Waals surface area contributed by atoms with Gasteiger partial charge in [-0.1, -0.05) is 81.1 Å². The molecule has 0 aromatic heterocycles. The maximum Gasteiger partial charge on any atom is 0.0195 e. The fourth-order valence-corrected chi connectivity index (χ4v) is 6.99. The molecule has 1 atom stereocenters. The lowest BCUT2D eigenvalue weighted by Crippen LogP contribution is -2.32.